The zero-order valence-electron chi connectivity index (χ0n) is 15.9. The average Bonchev–Trinajstić information content (AvgIpc) is 3.11. The molecule has 0 radical (unpaired) electrons. The number of benzene rings is 1. The van der Waals surface area contributed by atoms with Gasteiger partial charge in [0.25, 0.3) is 0 Å². The van der Waals surface area contributed by atoms with E-state index >= 15 is 0 Å². The minimum absolute atomic E-state index is 0. The molecule has 2 N–H and O–H groups in total. The molecule has 0 aromatic heterocycles. The van der Waals surface area contributed by atoms with Crippen LogP contribution in [0.1, 0.15) is 56.9 Å². The van der Waals surface area contributed by atoms with Crippen LogP contribution in [-0.4, -0.2) is 37.0 Å². The summed E-state index contributed by atoms with van der Waals surface area (Å²) in [5.74, 6) is 1.23. The normalized spacial score (nSPS) is 21.9. The zero-order valence-corrected chi connectivity index (χ0v) is 16.7. The SMILES string of the molecule is COc1ccccc1CC1CCCN1C(=O)CC1(CN)CCCCC1.Cl. The van der Waals surface area contributed by atoms with Crippen LogP contribution in [0.5, 0.6) is 5.75 Å². The minimum Gasteiger partial charge on any atom is -0.496 e. The van der Waals surface area contributed by atoms with E-state index < -0.39 is 0 Å². The van der Waals surface area contributed by atoms with Crippen molar-refractivity contribution in [1.82, 2.24) is 4.90 Å². The van der Waals surface area contributed by atoms with Crippen molar-refractivity contribution in [3.05, 3.63) is 29.8 Å². The number of methoxy groups -OCH3 is 1. The summed E-state index contributed by atoms with van der Waals surface area (Å²) in [6.45, 7) is 1.53. The summed E-state index contributed by atoms with van der Waals surface area (Å²) < 4.78 is 5.49. The van der Waals surface area contributed by atoms with Gasteiger partial charge in [-0.15, -0.1) is 12.4 Å². The van der Waals surface area contributed by atoms with Crippen LogP contribution < -0.4 is 10.5 Å². The van der Waals surface area contributed by atoms with Gasteiger partial charge in [0.1, 0.15) is 5.75 Å². The molecule has 5 heteroatoms. The second kappa shape index (κ2) is 9.61. The van der Waals surface area contributed by atoms with E-state index in [2.05, 4.69) is 11.0 Å². The fraction of sp³-hybridized carbons (Fsp3) is 0.667. The molecule has 0 spiro atoms. The lowest BCUT2D eigenvalue weighted by Gasteiger charge is -2.37. The van der Waals surface area contributed by atoms with Gasteiger partial charge in [-0.2, -0.15) is 0 Å². The van der Waals surface area contributed by atoms with E-state index in [0.29, 0.717) is 24.9 Å². The fourth-order valence-corrected chi connectivity index (χ4v) is 4.68. The van der Waals surface area contributed by atoms with E-state index in [1.54, 1.807) is 7.11 Å². The number of nitrogens with two attached hydrogens (primary N) is 1. The summed E-state index contributed by atoms with van der Waals surface area (Å²) >= 11 is 0. The highest BCUT2D eigenvalue weighted by Crippen LogP contribution is 2.39. The summed E-state index contributed by atoms with van der Waals surface area (Å²) in [7, 11) is 1.71. The van der Waals surface area contributed by atoms with Crippen molar-refractivity contribution in [3.8, 4) is 5.75 Å². The summed E-state index contributed by atoms with van der Waals surface area (Å²) in [4.78, 5) is 15.2. The maximum absolute atomic E-state index is 13.1. The minimum atomic E-state index is 0. The number of nitrogens with zero attached hydrogens (tertiary/aromatic N) is 1. The summed E-state index contributed by atoms with van der Waals surface area (Å²) in [5, 5.41) is 0. The van der Waals surface area contributed by atoms with E-state index in [0.717, 1.165) is 44.4 Å². The van der Waals surface area contributed by atoms with E-state index in [1.165, 1.54) is 24.8 Å². The lowest BCUT2D eigenvalue weighted by Crippen LogP contribution is -2.43. The van der Waals surface area contributed by atoms with Crippen LogP contribution in [-0.2, 0) is 11.2 Å². The number of ether oxygens (including phenoxy) is 1. The Kier molecular flexibility index (Phi) is 7.78. The molecule has 1 aliphatic heterocycles. The van der Waals surface area contributed by atoms with Gasteiger partial charge in [-0.05, 0) is 55.7 Å². The first-order valence-electron chi connectivity index (χ1n) is 9.79. The average molecular weight is 381 g/mol. The third kappa shape index (κ3) is 4.72. The van der Waals surface area contributed by atoms with Crippen LogP contribution >= 0.6 is 12.4 Å². The van der Waals surface area contributed by atoms with Crippen molar-refractivity contribution in [2.45, 2.75) is 63.8 Å². The van der Waals surface area contributed by atoms with Gasteiger partial charge < -0.3 is 15.4 Å². The van der Waals surface area contributed by atoms with Crippen molar-refractivity contribution in [2.24, 2.45) is 11.1 Å². The molecule has 26 heavy (non-hydrogen) atoms. The van der Waals surface area contributed by atoms with Crippen LogP contribution in [0.4, 0.5) is 0 Å². The molecule has 1 amide bonds. The van der Waals surface area contributed by atoms with Crippen LogP contribution in [0.2, 0.25) is 0 Å². The number of hydrogen-bond acceptors (Lipinski definition) is 3. The van der Waals surface area contributed by atoms with Crippen LogP contribution in [0.3, 0.4) is 0 Å². The molecule has 2 fully saturated rings. The predicted molar refractivity (Wildman–Crippen MR) is 108 cm³/mol. The van der Waals surface area contributed by atoms with Gasteiger partial charge in [0.05, 0.1) is 7.11 Å². The molecule has 1 unspecified atom stereocenters. The Morgan fingerprint density at radius 2 is 1.96 bits per heavy atom. The standard InChI is InChI=1S/C21H32N2O2.ClH/c1-25-19-10-4-3-8-17(19)14-18-9-7-13-23(18)20(24)15-21(16-22)11-5-2-6-12-21;/h3-4,8,10,18H,2,5-7,9,11-16,22H2,1H3;1H. The van der Waals surface area contributed by atoms with E-state index in [4.69, 9.17) is 10.5 Å². The maximum atomic E-state index is 13.1. The molecule has 1 aromatic carbocycles. The van der Waals surface area contributed by atoms with Gasteiger partial charge in [0, 0.05) is 19.0 Å². The molecule has 2 aliphatic rings. The largest absolute Gasteiger partial charge is 0.496 e. The van der Waals surface area contributed by atoms with Crippen molar-refractivity contribution in [2.75, 3.05) is 20.2 Å². The smallest absolute Gasteiger partial charge is 0.223 e. The van der Waals surface area contributed by atoms with Gasteiger partial charge >= 0.3 is 0 Å². The molecule has 1 saturated carbocycles. The Morgan fingerprint density at radius 1 is 1.23 bits per heavy atom. The molecule has 146 valence electrons. The molecule has 1 aliphatic carbocycles. The van der Waals surface area contributed by atoms with Crippen LogP contribution in [0.25, 0.3) is 0 Å². The van der Waals surface area contributed by atoms with Crippen molar-refractivity contribution < 1.29 is 9.53 Å². The van der Waals surface area contributed by atoms with Gasteiger partial charge in [0.2, 0.25) is 5.91 Å². The Hall–Kier alpha value is -1.26. The Labute approximate surface area is 163 Å². The summed E-state index contributed by atoms with van der Waals surface area (Å²) in [6, 6.07) is 8.45. The highest BCUT2D eigenvalue weighted by atomic mass is 35.5. The lowest BCUT2D eigenvalue weighted by atomic mass is 9.71. The fourth-order valence-electron chi connectivity index (χ4n) is 4.68. The van der Waals surface area contributed by atoms with Gasteiger partial charge in [0.15, 0.2) is 0 Å². The predicted octanol–water partition coefficient (Wildman–Crippen LogP) is 3.95. The molecule has 1 saturated heterocycles. The number of carbonyl (C=O) groups excluding carboxylic acids is 1. The number of hydrogen-bond donors (Lipinski definition) is 1. The summed E-state index contributed by atoms with van der Waals surface area (Å²) in [6.07, 6.45) is 9.64. The van der Waals surface area contributed by atoms with Gasteiger partial charge in [-0.25, -0.2) is 0 Å². The number of para-hydroxylation sites is 1. The third-order valence-electron chi connectivity index (χ3n) is 6.22. The number of halogens is 1. The molecule has 1 heterocycles. The van der Waals surface area contributed by atoms with Gasteiger partial charge in [-0.3, -0.25) is 4.79 Å². The third-order valence-corrected chi connectivity index (χ3v) is 6.22. The number of rotatable bonds is 6. The molecule has 3 rings (SSSR count). The zero-order chi connectivity index (χ0) is 17.7. The second-order valence-electron chi connectivity index (χ2n) is 7.84. The monoisotopic (exact) mass is 380 g/mol. The summed E-state index contributed by atoms with van der Waals surface area (Å²) in [5.41, 5.74) is 7.34. The Balaban J connectivity index is 0.00000243. The lowest BCUT2D eigenvalue weighted by molar-refractivity contribution is -0.135. The van der Waals surface area contributed by atoms with Crippen LogP contribution in [0.15, 0.2) is 24.3 Å². The number of likely N-dealkylation sites (tertiary alicyclic amines) is 1. The van der Waals surface area contributed by atoms with Crippen molar-refractivity contribution >= 4 is 18.3 Å². The number of carbonyl (C=O) groups is 1. The number of amides is 1. The van der Waals surface area contributed by atoms with E-state index in [1.807, 2.05) is 18.2 Å². The molecule has 1 aromatic rings. The first kappa shape index (κ1) is 21.0. The Bertz CT molecular complexity index is 587. The molecule has 1 atom stereocenters. The topological polar surface area (TPSA) is 55.6 Å². The molecule has 4 nitrogen and oxygen atoms in total. The highest BCUT2D eigenvalue weighted by molar-refractivity contribution is 5.85. The van der Waals surface area contributed by atoms with Gasteiger partial charge in [-0.1, -0.05) is 37.5 Å². The van der Waals surface area contributed by atoms with E-state index in [9.17, 15) is 4.79 Å². The van der Waals surface area contributed by atoms with Crippen LogP contribution in [0, 0.1) is 5.41 Å². The van der Waals surface area contributed by atoms with E-state index in [-0.39, 0.29) is 17.8 Å². The molecular weight excluding hydrogens is 348 g/mol. The highest BCUT2D eigenvalue weighted by Gasteiger charge is 2.37. The Morgan fingerprint density at radius 3 is 2.65 bits per heavy atom. The van der Waals surface area contributed by atoms with Crippen molar-refractivity contribution in [3.63, 3.8) is 0 Å². The quantitative estimate of drug-likeness (QED) is 0.812. The first-order valence-corrected chi connectivity index (χ1v) is 9.79. The van der Waals surface area contributed by atoms with Crippen molar-refractivity contribution in [1.29, 1.82) is 0 Å². The maximum Gasteiger partial charge on any atom is 0.223 e. The second-order valence-corrected chi connectivity index (χ2v) is 7.84. The molecule has 0 bridgehead atoms. The first-order chi connectivity index (χ1) is 12.2. The molecular formula is C21H33ClN2O2.